The Morgan fingerprint density at radius 1 is 0.561 bits per heavy atom. The van der Waals surface area contributed by atoms with E-state index < -0.39 is 75.7 Å². The van der Waals surface area contributed by atoms with Crippen LogP contribution in [0.2, 0.25) is 0 Å². The van der Waals surface area contributed by atoms with Crippen molar-refractivity contribution in [2.24, 2.45) is 0 Å². The fourth-order valence-electron chi connectivity index (χ4n) is 5.65. The summed E-state index contributed by atoms with van der Waals surface area (Å²) >= 11 is 0. The number of phosphoric acid groups is 1. The molecule has 0 aliphatic heterocycles. The van der Waals surface area contributed by atoms with E-state index in [1.807, 2.05) is 12.2 Å². The summed E-state index contributed by atoms with van der Waals surface area (Å²) in [6.45, 7) is 3.05. The molecule has 1 saturated carbocycles. The highest BCUT2D eigenvalue weighted by molar-refractivity contribution is 7.47. The van der Waals surface area contributed by atoms with Crippen LogP contribution in [-0.2, 0) is 32.7 Å². The molecular formula is C43H71O13P. The second-order valence-electron chi connectivity index (χ2n) is 14.1. The predicted molar refractivity (Wildman–Crippen MR) is 221 cm³/mol. The van der Waals surface area contributed by atoms with E-state index in [4.69, 9.17) is 18.5 Å². The first-order valence-electron chi connectivity index (χ1n) is 20.7. The zero-order valence-electron chi connectivity index (χ0n) is 34.1. The normalized spacial score (nSPS) is 23.4. The molecule has 0 aromatic carbocycles. The molecule has 0 radical (unpaired) electrons. The number of unbranched alkanes of at least 4 members (excludes halogenated alkanes) is 8. The number of phosphoric ester groups is 1. The number of hydrogen-bond acceptors (Lipinski definition) is 12. The van der Waals surface area contributed by atoms with Gasteiger partial charge in [0.05, 0.1) is 6.61 Å². The van der Waals surface area contributed by atoms with Crippen LogP contribution in [0.4, 0.5) is 0 Å². The lowest BCUT2D eigenvalue weighted by molar-refractivity contribution is -0.220. The topological polar surface area (TPSA) is 210 Å². The maximum absolute atomic E-state index is 12.8. The van der Waals surface area contributed by atoms with E-state index >= 15 is 0 Å². The SMILES string of the molecule is CC/C=C\C/C=C\C/C=C\C/C=C\C/C=C\CCCC(=O)OC[C@H](COP(=O)(O)OC1C(O)C(O)C(O)[C@@H](O)C1O)OC(=O)CCCCCCC/C=C\CCCC. The molecule has 13 nitrogen and oxygen atoms in total. The van der Waals surface area contributed by atoms with Crippen LogP contribution in [0.25, 0.3) is 0 Å². The lowest BCUT2D eigenvalue weighted by atomic mass is 9.85. The monoisotopic (exact) mass is 826 g/mol. The molecule has 0 saturated heterocycles. The quantitative estimate of drug-likeness (QED) is 0.0172. The third-order valence-electron chi connectivity index (χ3n) is 9.03. The number of aliphatic hydroxyl groups excluding tert-OH is 5. The molecule has 6 unspecified atom stereocenters. The first-order valence-corrected chi connectivity index (χ1v) is 22.2. The Kier molecular flexibility index (Phi) is 30.4. The van der Waals surface area contributed by atoms with Gasteiger partial charge in [0.15, 0.2) is 6.10 Å². The Balaban J connectivity index is 2.55. The Bertz CT molecular complexity index is 1280. The molecule has 0 aromatic rings. The minimum absolute atomic E-state index is 0.0699. The standard InChI is InChI=1S/C43H71O13P/c1-3-5-7-9-11-13-15-16-17-18-19-20-22-23-25-27-29-31-36(44)53-33-35(55-37(45)32-30-28-26-24-21-14-12-10-8-6-4-2)34-54-57(51,52)56-43-41(49)39(47)38(46)40(48)42(43)50/h5,7,10-13,16-17,19-20,23,25,35,38-43,46-50H,3-4,6,8-9,14-15,18,21-22,24,26-34H2,1-2H3,(H,51,52)/b7-5-,12-10-,13-11-,17-16-,20-19-,25-23-/t35-,38?,39-,40?,41?,42?,43?/m1/s1. The van der Waals surface area contributed by atoms with Gasteiger partial charge in [-0.25, -0.2) is 4.57 Å². The Morgan fingerprint density at radius 3 is 1.60 bits per heavy atom. The molecule has 0 bridgehead atoms. The smallest absolute Gasteiger partial charge is 0.462 e. The van der Waals surface area contributed by atoms with Crippen molar-refractivity contribution in [1.29, 1.82) is 0 Å². The number of esters is 2. The molecule has 0 heterocycles. The Labute approximate surface area is 340 Å². The van der Waals surface area contributed by atoms with Gasteiger partial charge in [-0.1, -0.05) is 119 Å². The zero-order valence-corrected chi connectivity index (χ0v) is 35.0. The number of ether oxygens (including phenoxy) is 2. The number of carbonyl (C=O) groups excluding carboxylic acids is 2. The second-order valence-corrected chi connectivity index (χ2v) is 15.5. The molecule has 1 aliphatic rings. The molecule has 0 aromatic heterocycles. The summed E-state index contributed by atoms with van der Waals surface area (Å²) < 4.78 is 33.3. The van der Waals surface area contributed by atoms with Gasteiger partial charge in [0, 0.05) is 12.8 Å². The Morgan fingerprint density at radius 2 is 1.02 bits per heavy atom. The highest BCUT2D eigenvalue weighted by Crippen LogP contribution is 2.47. The maximum atomic E-state index is 12.8. The molecule has 0 spiro atoms. The molecule has 0 amide bonds. The number of aliphatic hydroxyl groups is 5. The number of hydrogen-bond donors (Lipinski definition) is 6. The summed E-state index contributed by atoms with van der Waals surface area (Å²) in [6.07, 6.45) is 27.0. The summed E-state index contributed by atoms with van der Waals surface area (Å²) in [7, 11) is -5.13. The average molecular weight is 827 g/mol. The van der Waals surface area contributed by atoms with Crippen LogP contribution in [-0.4, -0.2) is 98.3 Å². The van der Waals surface area contributed by atoms with E-state index in [1.54, 1.807) is 0 Å². The van der Waals surface area contributed by atoms with Gasteiger partial charge >= 0.3 is 19.8 Å². The van der Waals surface area contributed by atoms with Crippen LogP contribution < -0.4 is 0 Å². The van der Waals surface area contributed by atoms with E-state index in [0.717, 1.165) is 70.6 Å². The molecule has 8 atom stereocenters. The maximum Gasteiger partial charge on any atom is 0.472 e. The predicted octanol–water partition coefficient (Wildman–Crippen LogP) is 7.16. The number of rotatable bonds is 32. The molecule has 326 valence electrons. The van der Waals surface area contributed by atoms with E-state index in [9.17, 15) is 44.6 Å². The van der Waals surface area contributed by atoms with Gasteiger partial charge in [-0.3, -0.25) is 18.6 Å². The fraction of sp³-hybridized carbons (Fsp3) is 0.674. The Hall–Kier alpha value is -2.71. The van der Waals surface area contributed by atoms with Gasteiger partial charge in [-0.2, -0.15) is 0 Å². The zero-order chi connectivity index (χ0) is 42.2. The van der Waals surface area contributed by atoms with Crippen molar-refractivity contribution in [3.05, 3.63) is 72.9 Å². The minimum Gasteiger partial charge on any atom is -0.462 e. The van der Waals surface area contributed by atoms with Crippen molar-refractivity contribution in [1.82, 2.24) is 0 Å². The van der Waals surface area contributed by atoms with Crippen molar-refractivity contribution in [2.75, 3.05) is 13.2 Å². The van der Waals surface area contributed by atoms with Gasteiger partial charge in [0.2, 0.25) is 0 Å². The minimum atomic E-state index is -5.13. The van der Waals surface area contributed by atoms with E-state index in [2.05, 4.69) is 74.6 Å². The number of allylic oxidation sites excluding steroid dienone is 12. The second kappa shape index (κ2) is 33.2. The highest BCUT2D eigenvalue weighted by atomic mass is 31.2. The molecule has 1 fully saturated rings. The van der Waals surface area contributed by atoms with Gasteiger partial charge in [-0.05, 0) is 70.6 Å². The summed E-state index contributed by atoms with van der Waals surface area (Å²) in [5, 5.41) is 50.0. The summed E-state index contributed by atoms with van der Waals surface area (Å²) in [6, 6.07) is 0. The molecule has 57 heavy (non-hydrogen) atoms. The lowest BCUT2D eigenvalue weighted by Crippen LogP contribution is -2.64. The molecule has 14 heteroatoms. The summed E-state index contributed by atoms with van der Waals surface area (Å²) in [4.78, 5) is 35.5. The van der Waals surface area contributed by atoms with E-state index in [0.29, 0.717) is 19.3 Å². The van der Waals surface area contributed by atoms with Crippen LogP contribution in [0.5, 0.6) is 0 Å². The highest BCUT2D eigenvalue weighted by Gasteiger charge is 2.51. The van der Waals surface area contributed by atoms with Crippen LogP contribution in [0.15, 0.2) is 72.9 Å². The van der Waals surface area contributed by atoms with E-state index in [1.165, 1.54) is 12.8 Å². The van der Waals surface area contributed by atoms with E-state index in [-0.39, 0.29) is 12.8 Å². The first-order chi connectivity index (χ1) is 27.4. The third-order valence-corrected chi connectivity index (χ3v) is 10.0. The van der Waals surface area contributed by atoms with Crippen molar-refractivity contribution < 1.29 is 63.1 Å². The summed E-state index contributed by atoms with van der Waals surface area (Å²) in [5.41, 5.74) is 0. The fourth-order valence-corrected chi connectivity index (χ4v) is 6.63. The molecule has 1 aliphatic carbocycles. The number of carbonyl (C=O) groups is 2. The molecular weight excluding hydrogens is 755 g/mol. The van der Waals surface area contributed by atoms with Crippen molar-refractivity contribution in [3.63, 3.8) is 0 Å². The van der Waals surface area contributed by atoms with Crippen LogP contribution in [0.1, 0.15) is 129 Å². The molecule has 6 N–H and O–H groups in total. The van der Waals surface area contributed by atoms with Crippen molar-refractivity contribution in [2.45, 2.75) is 172 Å². The van der Waals surface area contributed by atoms with Crippen LogP contribution >= 0.6 is 7.82 Å². The van der Waals surface area contributed by atoms with Gasteiger partial charge < -0.3 is 39.9 Å². The molecule has 1 rings (SSSR count). The summed E-state index contributed by atoms with van der Waals surface area (Å²) in [5.74, 6) is -1.19. The van der Waals surface area contributed by atoms with Gasteiger partial charge in [0.25, 0.3) is 0 Å². The average Bonchev–Trinajstić information content (AvgIpc) is 3.19. The largest absolute Gasteiger partial charge is 0.472 e. The van der Waals surface area contributed by atoms with Gasteiger partial charge in [0.1, 0.15) is 43.2 Å². The lowest BCUT2D eigenvalue weighted by Gasteiger charge is -2.41. The first kappa shape index (κ1) is 52.3. The van der Waals surface area contributed by atoms with Crippen molar-refractivity contribution in [3.8, 4) is 0 Å². The van der Waals surface area contributed by atoms with Crippen molar-refractivity contribution >= 4 is 19.8 Å². The van der Waals surface area contributed by atoms with Crippen LogP contribution in [0.3, 0.4) is 0 Å². The van der Waals surface area contributed by atoms with Gasteiger partial charge in [-0.15, -0.1) is 0 Å². The van der Waals surface area contributed by atoms with Crippen LogP contribution in [0, 0.1) is 0 Å². The third kappa shape index (κ3) is 26.1.